The lowest BCUT2D eigenvalue weighted by atomic mass is 10.1. The zero-order valence-corrected chi connectivity index (χ0v) is 19.4. The molecule has 25 heavy (non-hydrogen) atoms. The molecule has 144 valence electrons. The van der Waals surface area contributed by atoms with Crippen LogP contribution in [0.15, 0.2) is 9.32 Å². The molecule has 0 atom stereocenters. The van der Waals surface area contributed by atoms with Gasteiger partial charge in [0.2, 0.25) is 0 Å². The highest BCUT2D eigenvalue weighted by Gasteiger charge is 2.25. The van der Waals surface area contributed by atoms with Crippen molar-refractivity contribution in [2.24, 2.45) is 9.32 Å². The third kappa shape index (κ3) is 7.52. The van der Waals surface area contributed by atoms with E-state index in [0.29, 0.717) is 0 Å². The standard InChI is InChI=1S/C18H39N5Si2/c1-24(2,3)20-17(22-13-9-7-10-14-22)19-18(21-25(4,5)6)23-15-11-8-12-16-23/h7-16H2,1-6H3,(H,19,20,21). The highest BCUT2D eigenvalue weighted by Crippen LogP contribution is 2.14. The number of piperidine rings is 2. The molecule has 0 aromatic rings. The molecule has 0 aromatic carbocycles. The third-order valence-corrected chi connectivity index (χ3v) is 6.18. The summed E-state index contributed by atoms with van der Waals surface area (Å²) in [6.07, 6.45) is 7.79. The normalized spacial score (nSPS) is 21.5. The summed E-state index contributed by atoms with van der Waals surface area (Å²) in [5.41, 5.74) is 0. The van der Waals surface area contributed by atoms with Crippen molar-refractivity contribution in [3.05, 3.63) is 0 Å². The van der Waals surface area contributed by atoms with Crippen LogP contribution < -0.4 is 5.32 Å². The molecule has 2 aliphatic rings. The average Bonchev–Trinajstić information content (AvgIpc) is 2.53. The first-order valence-electron chi connectivity index (χ1n) is 10.1. The maximum atomic E-state index is 5.18. The number of guanidine groups is 2. The zero-order valence-electron chi connectivity index (χ0n) is 17.4. The Hall–Kier alpha value is -0.826. The van der Waals surface area contributed by atoms with E-state index in [4.69, 9.17) is 9.32 Å². The van der Waals surface area contributed by atoms with Crippen molar-refractivity contribution in [3.63, 3.8) is 0 Å². The number of nitrogens with one attached hydrogen (secondary N) is 1. The summed E-state index contributed by atoms with van der Waals surface area (Å²) < 4.78 is 10.4. The van der Waals surface area contributed by atoms with Crippen LogP contribution in [-0.2, 0) is 0 Å². The maximum absolute atomic E-state index is 5.18. The smallest absolute Gasteiger partial charge is 0.191 e. The van der Waals surface area contributed by atoms with Gasteiger partial charge >= 0.3 is 0 Å². The number of nitrogens with zero attached hydrogens (tertiary/aromatic N) is 4. The monoisotopic (exact) mass is 381 g/mol. The lowest BCUT2D eigenvalue weighted by Gasteiger charge is -2.36. The van der Waals surface area contributed by atoms with Crippen molar-refractivity contribution in [1.29, 1.82) is 0 Å². The Morgan fingerprint density at radius 2 is 0.920 bits per heavy atom. The third-order valence-electron chi connectivity index (χ3n) is 4.42. The van der Waals surface area contributed by atoms with Crippen LogP contribution >= 0.6 is 0 Å². The minimum atomic E-state index is -1.56. The summed E-state index contributed by atoms with van der Waals surface area (Å²) in [4.78, 5) is 4.93. The number of hydrogen-bond donors (Lipinski definition) is 1. The van der Waals surface area contributed by atoms with Crippen molar-refractivity contribution >= 4 is 28.4 Å². The van der Waals surface area contributed by atoms with Crippen LogP contribution in [-0.4, -0.2) is 64.4 Å². The van der Waals surface area contributed by atoms with E-state index in [9.17, 15) is 0 Å². The van der Waals surface area contributed by atoms with Crippen LogP contribution in [0, 0.1) is 0 Å². The van der Waals surface area contributed by atoms with Gasteiger partial charge in [-0.2, -0.15) is 0 Å². The second-order valence-electron chi connectivity index (χ2n) is 9.43. The summed E-state index contributed by atoms with van der Waals surface area (Å²) in [7, 11) is -3.12. The average molecular weight is 382 g/mol. The molecule has 2 heterocycles. The quantitative estimate of drug-likeness (QED) is 0.448. The summed E-state index contributed by atoms with van der Waals surface area (Å²) in [5, 5.41) is 3.73. The molecule has 2 rings (SSSR count). The van der Waals surface area contributed by atoms with Crippen LogP contribution in [0.3, 0.4) is 0 Å². The minimum absolute atomic E-state index is 1.08. The van der Waals surface area contributed by atoms with Crippen LogP contribution in [0.4, 0.5) is 0 Å². The molecule has 2 aliphatic heterocycles. The van der Waals surface area contributed by atoms with Gasteiger partial charge in [0.1, 0.15) is 0 Å². The van der Waals surface area contributed by atoms with Gasteiger partial charge < -0.3 is 9.80 Å². The van der Waals surface area contributed by atoms with Gasteiger partial charge in [-0.3, -0.25) is 14.6 Å². The Labute approximate surface area is 157 Å². The fourth-order valence-corrected chi connectivity index (χ4v) is 4.97. The van der Waals surface area contributed by atoms with Crippen molar-refractivity contribution in [2.75, 3.05) is 26.2 Å². The fourth-order valence-electron chi connectivity index (χ4n) is 3.30. The fraction of sp³-hybridized carbons (Fsp3) is 0.889. The first-order valence-corrected chi connectivity index (χ1v) is 17.0. The number of hydrogen-bond acceptors (Lipinski definition) is 2. The highest BCUT2D eigenvalue weighted by atomic mass is 28.3. The van der Waals surface area contributed by atoms with Gasteiger partial charge in [-0.1, -0.05) is 0 Å². The van der Waals surface area contributed by atoms with E-state index >= 15 is 0 Å². The van der Waals surface area contributed by atoms with Gasteiger partial charge in [-0.05, 0) is 77.8 Å². The number of likely N-dealkylation sites (tertiary alicyclic amines) is 2. The molecule has 1 N–H and O–H groups in total. The molecule has 2 fully saturated rings. The molecule has 0 unspecified atom stereocenters. The minimum Gasteiger partial charge on any atom is -0.343 e. The lowest BCUT2D eigenvalue weighted by Crippen LogP contribution is -2.54. The van der Waals surface area contributed by atoms with E-state index in [1.165, 1.54) is 38.5 Å². The van der Waals surface area contributed by atoms with Gasteiger partial charge in [-0.25, -0.2) is 0 Å². The van der Waals surface area contributed by atoms with E-state index in [1.807, 2.05) is 0 Å². The summed E-state index contributed by atoms with van der Waals surface area (Å²) in [5.74, 6) is 2.17. The lowest BCUT2D eigenvalue weighted by molar-refractivity contribution is 0.322. The number of rotatable bonds is 2. The molecule has 0 aliphatic carbocycles. The molecule has 0 spiro atoms. The van der Waals surface area contributed by atoms with Crippen LogP contribution in [0.2, 0.25) is 39.3 Å². The first-order chi connectivity index (χ1) is 11.6. The molecule has 5 nitrogen and oxygen atoms in total. The molecule has 0 aromatic heterocycles. The highest BCUT2D eigenvalue weighted by molar-refractivity contribution is 6.76. The van der Waals surface area contributed by atoms with Gasteiger partial charge in [0, 0.05) is 26.2 Å². The summed E-state index contributed by atoms with van der Waals surface area (Å²) >= 11 is 0. The molecule has 0 bridgehead atoms. The van der Waals surface area contributed by atoms with Crippen LogP contribution in [0.25, 0.3) is 0 Å². The Kier molecular flexibility index (Phi) is 7.13. The molecule has 0 amide bonds. The Morgan fingerprint density at radius 3 is 1.20 bits per heavy atom. The topological polar surface area (TPSA) is 43.2 Å². The molecular formula is C18H39N5Si2. The SMILES string of the molecule is C[Si](C)(C)/N=C(/N/C(=N/[Si](C)(C)C)N1CCCCC1)N1CCCCC1. The van der Waals surface area contributed by atoms with E-state index in [2.05, 4.69) is 54.4 Å². The Bertz CT molecular complexity index is 435. The predicted octanol–water partition coefficient (Wildman–Crippen LogP) is 3.93. The Morgan fingerprint density at radius 1 is 0.600 bits per heavy atom. The van der Waals surface area contributed by atoms with E-state index < -0.39 is 16.5 Å². The van der Waals surface area contributed by atoms with Gasteiger partial charge in [0.25, 0.3) is 0 Å². The van der Waals surface area contributed by atoms with Crippen LogP contribution in [0.5, 0.6) is 0 Å². The molecular weight excluding hydrogens is 342 g/mol. The second-order valence-corrected chi connectivity index (χ2v) is 18.6. The van der Waals surface area contributed by atoms with Crippen molar-refractivity contribution in [2.45, 2.75) is 77.8 Å². The van der Waals surface area contributed by atoms with Crippen molar-refractivity contribution in [3.8, 4) is 0 Å². The Balaban J connectivity index is 2.26. The van der Waals surface area contributed by atoms with Gasteiger partial charge in [0.15, 0.2) is 28.4 Å². The summed E-state index contributed by atoms with van der Waals surface area (Å²) in [6, 6.07) is 0. The predicted molar refractivity (Wildman–Crippen MR) is 116 cm³/mol. The zero-order chi connectivity index (χ0) is 18.5. The van der Waals surface area contributed by atoms with Gasteiger partial charge in [-0.15, -0.1) is 0 Å². The largest absolute Gasteiger partial charge is 0.343 e. The van der Waals surface area contributed by atoms with Crippen molar-refractivity contribution in [1.82, 2.24) is 15.1 Å². The van der Waals surface area contributed by atoms with Gasteiger partial charge in [0.05, 0.1) is 0 Å². The molecule has 7 heteroatoms. The van der Waals surface area contributed by atoms with Crippen molar-refractivity contribution < 1.29 is 0 Å². The summed E-state index contributed by atoms with van der Waals surface area (Å²) in [6.45, 7) is 18.4. The molecule has 0 radical (unpaired) electrons. The molecule has 2 saturated heterocycles. The van der Waals surface area contributed by atoms with E-state index in [0.717, 1.165) is 38.1 Å². The van der Waals surface area contributed by atoms with Crippen LogP contribution in [0.1, 0.15) is 38.5 Å². The second kappa shape index (κ2) is 8.71. The molecule has 0 saturated carbocycles. The van der Waals surface area contributed by atoms with E-state index in [-0.39, 0.29) is 0 Å². The first kappa shape index (κ1) is 20.5. The van der Waals surface area contributed by atoms with E-state index in [1.54, 1.807) is 0 Å². The maximum Gasteiger partial charge on any atom is 0.191 e.